The number of aliphatic carboxylic acids is 1. The maximum Gasteiger partial charge on any atom is 0.306 e. The minimum Gasteiger partial charge on any atom is -0.481 e. The summed E-state index contributed by atoms with van der Waals surface area (Å²) >= 11 is 0. The molecule has 228 valence electrons. The van der Waals surface area contributed by atoms with Crippen molar-refractivity contribution in [3.63, 3.8) is 0 Å². The van der Waals surface area contributed by atoms with Gasteiger partial charge in [-0.25, -0.2) is 0 Å². The number of ether oxygens (including phenoxy) is 1. The molecule has 0 bridgehead atoms. The maximum atomic E-state index is 12.5. The maximum absolute atomic E-state index is 12.5. The minimum atomic E-state index is -0.732. The highest BCUT2D eigenvalue weighted by Crippen LogP contribution is 2.14. The number of carbonyl (C=O) groups excluding carboxylic acids is 1. The summed E-state index contributed by atoms with van der Waals surface area (Å²) in [6, 6.07) is 0. The van der Waals surface area contributed by atoms with Gasteiger partial charge in [-0.3, -0.25) is 9.59 Å². The van der Waals surface area contributed by atoms with Crippen LogP contribution in [0.5, 0.6) is 0 Å². The molecule has 0 aliphatic heterocycles. The first-order valence-electron chi connectivity index (χ1n) is 16.3. The summed E-state index contributed by atoms with van der Waals surface area (Å²) in [5, 5.41) is 8.78. The van der Waals surface area contributed by atoms with E-state index >= 15 is 0 Å². The van der Waals surface area contributed by atoms with E-state index in [0.29, 0.717) is 12.8 Å². The molecule has 0 fully saturated rings. The van der Waals surface area contributed by atoms with Gasteiger partial charge in [-0.1, -0.05) is 113 Å². The normalized spacial score (nSPS) is 13.1. The monoisotopic (exact) mass is 556 g/mol. The van der Waals surface area contributed by atoms with Gasteiger partial charge in [-0.15, -0.1) is 0 Å². The quantitative estimate of drug-likeness (QED) is 0.0591. The molecule has 0 saturated heterocycles. The van der Waals surface area contributed by atoms with Crippen LogP contribution in [-0.4, -0.2) is 23.1 Å². The molecule has 0 radical (unpaired) electrons. The molecule has 1 unspecified atom stereocenters. The van der Waals surface area contributed by atoms with Gasteiger partial charge >= 0.3 is 11.9 Å². The fourth-order valence-corrected chi connectivity index (χ4v) is 4.32. The van der Waals surface area contributed by atoms with Gasteiger partial charge in [0.15, 0.2) is 0 Å². The van der Waals surface area contributed by atoms with Gasteiger partial charge in [0, 0.05) is 12.8 Å². The van der Waals surface area contributed by atoms with E-state index in [1.54, 1.807) is 0 Å². The van der Waals surface area contributed by atoms with E-state index in [-0.39, 0.29) is 18.5 Å². The van der Waals surface area contributed by atoms with E-state index in [9.17, 15) is 9.59 Å². The summed E-state index contributed by atoms with van der Waals surface area (Å²) in [6.07, 6.45) is 42.4. The molecule has 0 heterocycles. The molecule has 0 aliphatic rings. The molecule has 4 heteroatoms. The molecule has 40 heavy (non-hydrogen) atoms. The SMILES string of the molecule is CC/C=C\C/C=C\C/C=C\CCCCCCCC(=O)OC(/C=C\C/C=C\CCCCC)CCCCCCC(=O)O. The molecule has 0 saturated carbocycles. The van der Waals surface area contributed by atoms with Crippen LogP contribution < -0.4 is 0 Å². The molecule has 0 amide bonds. The Kier molecular flexibility index (Phi) is 29.3. The van der Waals surface area contributed by atoms with Gasteiger partial charge < -0.3 is 9.84 Å². The smallest absolute Gasteiger partial charge is 0.306 e. The molecular formula is C36H60O4. The van der Waals surface area contributed by atoms with Gasteiger partial charge in [-0.05, 0) is 83.1 Å². The summed E-state index contributed by atoms with van der Waals surface area (Å²) in [6.45, 7) is 4.37. The third-order valence-corrected chi connectivity index (χ3v) is 6.71. The molecule has 0 aliphatic carbocycles. The van der Waals surface area contributed by atoms with Crippen molar-refractivity contribution in [2.75, 3.05) is 0 Å². The highest BCUT2D eigenvalue weighted by molar-refractivity contribution is 5.69. The number of esters is 1. The summed E-state index contributed by atoms with van der Waals surface area (Å²) in [5.41, 5.74) is 0. The Bertz CT molecular complexity index is 729. The Morgan fingerprint density at radius 1 is 0.600 bits per heavy atom. The fraction of sp³-hybridized carbons (Fsp3) is 0.667. The first-order chi connectivity index (χ1) is 19.6. The average molecular weight is 557 g/mol. The van der Waals surface area contributed by atoms with Gasteiger partial charge in [-0.2, -0.15) is 0 Å². The number of allylic oxidation sites excluding steroid dienone is 9. The Balaban J connectivity index is 4.14. The number of rotatable bonds is 28. The Morgan fingerprint density at radius 3 is 1.77 bits per heavy atom. The molecular weight excluding hydrogens is 496 g/mol. The molecule has 0 aromatic heterocycles. The second kappa shape index (κ2) is 31.2. The molecule has 0 aromatic rings. The number of unbranched alkanes of at least 4 members (excludes halogenated alkanes) is 11. The van der Waals surface area contributed by atoms with Crippen LogP contribution in [0.15, 0.2) is 60.8 Å². The van der Waals surface area contributed by atoms with E-state index in [1.165, 1.54) is 32.1 Å². The van der Waals surface area contributed by atoms with Crippen molar-refractivity contribution in [2.24, 2.45) is 0 Å². The van der Waals surface area contributed by atoms with Crippen molar-refractivity contribution >= 4 is 11.9 Å². The summed E-state index contributed by atoms with van der Waals surface area (Å²) in [7, 11) is 0. The lowest BCUT2D eigenvalue weighted by atomic mass is 10.1. The van der Waals surface area contributed by atoms with Gasteiger partial charge in [0.05, 0.1) is 0 Å². The zero-order chi connectivity index (χ0) is 29.4. The Hall–Kier alpha value is -2.36. The first-order valence-corrected chi connectivity index (χ1v) is 16.3. The van der Waals surface area contributed by atoms with E-state index in [4.69, 9.17) is 9.84 Å². The number of hydrogen-bond acceptors (Lipinski definition) is 3. The number of hydrogen-bond donors (Lipinski definition) is 1. The molecule has 4 nitrogen and oxygen atoms in total. The number of carboxylic acids is 1. The summed E-state index contributed by atoms with van der Waals surface area (Å²) in [5.74, 6) is -0.833. The molecule has 1 N–H and O–H groups in total. The molecule has 0 aromatic carbocycles. The zero-order valence-electron chi connectivity index (χ0n) is 25.9. The van der Waals surface area contributed by atoms with E-state index < -0.39 is 5.97 Å². The van der Waals surface area contributed by atoms with Gasteiger partial charge in [0.25, 0.3) is 0 Å². The predicted octanol–water partition coefficient (Wildman–Crippen LogP) is 11.0. The number of carbonyl (C=O) groups is 2. The van der Waals surface area contributed by atoms with Crippen LogP contribution in [0, 0.1) is 0 Å². The third-order valence-electron chi connectivity index (χ3n) is 6.71. The van der Waals surface area contributed by atoms with Crippen LogP contribution in [0.4, 0.5) is 0 Å². The van der Waals surface area contributed by atoms with E-state index in [1.807, 2.05) is 6.08 Å². The third kappa shape index (κ3) is 30.2. The summed E-state index contributed by atoms with van der Waals surface area (Å²) in [4.78, 5) is 23.2. The highest BCUT2D eigenvalue weighted by atomic mass is 16.5. The van der Waals surface area contributed by atoms with Crippen LogP contribution in [0.25, 0.3) is 0 Å². The van der Waals surface area contributed by atoms with Gasteiger partial charge in [0.2, 0.25) is 0 Å². The second-order valence-corrected chi connectivity index (χ2v) is 10.6. The topological polar surface area (TPSA) is 63.6 Å². The lowest BCUT2D eigenvalue weighted by molar-refractivity contribution is -0.147. The van der Waals surface area contributed by atoms with Crippen molar-refractivity contribution in [3.8, 4) is 0 Å². The van der Waals surface area contributed by atoms with E-state index in [0.717, 1.165) is 83.5 Å². The minimum absolute atomic E-state index is 0.100. The van der Waals surface area contributed by atoms with Crippen LogP contribution in [0.3, 0.4) is 0 Å². The van der Waals surface area contributed by atoms with Crippen molar-refractivity contribution in [1.82, 2.24) is 0 Å². The van der Waals surface area contributed by atoms with Crippen molar-refractivity contribution in [2.45, 2.75) is 155 Å². The van der Waals surface area contributed by atoms with E-state index in [2.05, 4.69) is 68.5 Å². The average Bonchev–Trinajstić information content (AvgIpc) is 2.93. The van der Waals surface area contributed by atoms with Gasteiger partial charge in [0.1, 0.15) is 6.10 Å². The molecule has 0 rings (SSSR count). The molecule has 0 spiro atoms. The second-order valence-electron chi connectivity index (χ2n) is 10.6. The largest absolute Gasteiger partial charge is 0.481 e. The van der Waals surface area contributed by atoms with Crippen LogP contribution in [0.2, 0.25) is 0 Å². The Labute approximate surface area is 246 Å². The van der Waals surface area contributed by atoms with Crippen molar-refractivity contribution < 1.29 is 19.4 Å². The summed E-state index contributed by atoms with van der Waals surface area (Å²) < 4.78 is 5.81. The number of carboxylic acid groups (broad SMARTS) is 1. The highest BCUT2D eigenvalue weighted by Gasteiger charge is 2.11. The lowest BCUT2D eigenvalue weighted by Gasteiger charge is -2.14. The first kappa shape index (κ1) is 37.6. The zero-order valence-corrected chi connectivity index (χ0v) is 25.9. The van der Waals surface area contributed by atoms with Crippen LogP contribution >= 0.6 is 0 Å². The fourth-order valence-electron chi connectivity index (χ4n) is 4.32. The van der Waals surface area contributed by atoms with Crippen LogP contribution in [0.1, 0.15) is 149 Å². The van der Waals surface area contributed by atoms with Crippen molar-refractivity contribution in [1.29, 1.82) is 0 Å². The Morgan fingerprint density at radius 2 is 1.12 bits per heavy atom. The van der Waals surface area contributed by atoms with Crippen LogP contribution in [-0.2, 0) is 14.3 Å². The van der Waals surface area contributed by atoms with Crippen molar-refractivity contribution in [3.05, 3.63) is 60.8 Å². The predicted molar refractivity (Wildman–Crippen MR) is 172 cm³/mol. The molecule has 1 atom stereocenters. The lowest BCUT2D eigenvalue weighted by Crippen LogP contribution is -2.16. The standard InChI is InChI=1S/C36H60O4/c1-3-5-7-9-11-13-14-15-16-17-18-19-21-23-29-33-36(39)40-34(31-27-24-25-28-32-35(37)38)30-26-22-20-12-10-8-6-4-2/h5,7,11-13,15-16,20,26,30,34H,3-4,6,8-10,14,17-19,21-25,27-29,31-33H2,1-2H3,(H,37,38)/b7-5-,13-11-,16-15-,20-12-,30-26-.